The SMILES string of the molecule is CCc1cc(O)cc(N(C(=O)CN)C2(OC)C(=O)N3C(C(=O)OC)=C(CSn4nnnc4C)CS[C@H]32)c1. The van der Waals surface area contributed by atoms with Crippen LogP contribution in [0.3, 0.4) is 0 Å². The molecule has 0 spiro atoms. The highest BCUT2D eigenvalue weighted by molar-refractivity contribution is 8.00. The molecule has 1 aromatic carbocycles. The van der Waals surface area contributed by atoms with Crippen LogP contribution in [-0.4, -0.2) is 90.8 Å². The summed E-state index contributed by atoms with van der Waals surface area (Å²) in [5.74, 6) is -0.712. The Hall–Kier alpha value is -3.14. The minimum atomic E-state index is -1.79. The number of ether oxygens (including phenoxy) is 2. The molecule has 2 aliphatic rings. The molecule has 198 valence electrons. The molecule has 2 aliphatic heterocycles. The van der Waals surface area contributed by atoms with Crippen LogP contribution >= 0.6 is 23.7 Å². The molecule has 15 heteroatoms. The van der Waals surface area contributed by atoms with Gasteiger partial charge in [0, 0.05) is 24.7 Å². The summed E-state index contributed by atoms with van der Waals surface area (Å²) in [5.41, 5.74) is 5.70. The molecule has 0 saturated carbocycles. The van der Waals surface area contributed by atoms with Gasteiger partial charge in [0.15, 0.2) is 5.82 Å². The standard InChI is InChI=1S/C22H27N7O6S2/c1-5-13-6-15(8-16(30)7-13)28(17(31)9-23)22(35-4)20(33)27-18(19(32)34-3)14(10-36-21(22)27)11-37-29-12(2)24-25-26-29/h6-8,21,30H,5,9-11,23H2,1-4H3/t21-,22?/m0/s1. The van der Waals surface area contributed by atoms with Crippen molar-refractivity contribution >= 4 is 47.2 Å². The van der Waals surface area contributed by atoms with E-state index >= 15 is 0 Å². The van der Waals surface area contributed by atoms with E-state index in [9.17, 15) is 19.5 Å². The number of carbonyl (C=O) groups is 3. The van der Waals surface area contributed by atoms with E-state index in [1.54, 1.807) is 19.1 Å². The second kappa shape index (κ2) is 10.7. The zero-order valence-corrected chi connectivity index (χ0v) is 22.3. The fourth-order valence-corrected chi connectivity index (χ4v) is 6.77. The van der Waals surface area contributed by atoms with E-state index in [2.05, 4.69) is 15.5 Å². The van der Waals surface area contributed by atoms with Gasteiger partial charge in [-0.1, -0.05) is 6.92 Å². The fourth-order valence-electron chi connectivity index (χ4n) is 4.34. The summed E-state index contributed by atoms with van der Waals surface area (Å²) in [6.07, 6.45) is 0.585. The van der Waals surface area contributed by atoms with Crippen molar-refractivity contribution in [2.24, 2.45) is 5.73 Å². The van der Waals surface area contributed by atoms with Crippen molar-refractivity contribution in [2.75, 3.05) is 37.2 Å². The first-order valence-corrected chi connectivity index (χ1v) is 13.3. The van der Waals surface area contributed by atoms with Crippen LogP contribution in [0.25, 0.3) is 0 Å². The van der Waals surface area contributed by atoms with Gasteiger partial charge in [-0.15, -0.1) is 16.9 Å². The molecule has 1 saturated heterocycles. The van der Waals surface area contributed by atoms with Crippen molar-refractivity contribution in [1.29, 1.82) is 0 Å². The van der Waals surface area contributed by atoms with Gasteiger partial charge < -0.3 is 20.3 Å². The molecule has 3 heterocycles. The third-order valence-electron chi connectivity index (χ3n) is 6.11. The second-order valence-electron chi connectivity index (χ2n) is 8.20. The summed E-state index contributed by atoms with van der Waals surface area (Å²) in [5, 5.41) is 20.9. The van der Waals surface area contributed by atoms with Crippen molar-refractivity contribution in [3.8, 4) is 5.75 Å². The maximum atomic E-state index is 13.9. The minimum absolute atomic E-state index is 0.0669. The number of phenols is 1. The molecule has 0 bridgehead atoms. The van der Waals surface area contributed by atoms with E-state index in [0.717, 1.165) is 5.56 Å². The predicted octanol–water partition coefficient (Wildman–Crippen LogP) is 0.423. The van der Waals surface area contributed by atoms with Crippen molar-refractivity contribution in [3.63, 3.8) is 0 Å². The molecule has 1 unspecified atom stereocenters. The zero-order valence-electron chi connectivity index (χ0n) is 20.7. The Morgan fingerprint density at radius 1 is 1.35 bits per heavy atom. The third kappa shape index (κ3) is 4.45. The first-order chi connectivity index (χ1) is 17.7. The monoisotopic (exact) mass is 549 g/mol. The number of hydrogen-bond acceptors (Lipinski definition) is 12. The number of nitrogens with zero attached hydrogens (tertiary/aromatic N) is 6. The van der Waals surface area contributed by atoms with Crippen LogP contribution in [0.15, 0.2) is 29.5 Å². The first-order valence-electron chi connectivity index (χ1n) is 11.3. The molecule has 2 atom stereocenters. The molecule has 2 aromatic rings. The van der Waals surface area contributed by atoms with Gasteiger partial charge in [0.1, 0.15) is 16.8 Å². The highest BCUT2D eigenvalue weighted by Gasteiger charge is 2.70. The maximum absolute atomic E-state index is 13.9. The molecule has 4 rings (SSSR count). The Bertz CT molecular complexity index is 1270. The van der Waals surface area contributed by atoms with E-state index in [1.165, 1.54) is 57.9 Å². The van der Waals surface area contributed by atoms with Gasteiger partial charge in [-0.25, -0.2) is 4.79 Å². The van der Waals surface area contributed by atoms with Gasteiger partial charge in [-0.05, 0) is 59.0 Å². The number of anilines is 1. The van der Waals surface area contributed by atoms with Crippen LogP contribution < -0.4 is 10.6 Å². The number of β-lactam (4-membered cyclic amide) rings is 1. The van der Waals surface area contributed by atoms with Crippen LogP contribution in [0.2, 0.25) is 0 Å². The largest absolute Gasteiger partial charge is 0.508 e. The lowest BCUT2D eigenvalue weighted by atomic mass is 9.95. The van der Waals surface area contributed by atoms with Gasteiger partial charge >= 0.3 is 5.97 Å². The normalized spacial score (nSPS) is 20.9. The number of methoxy groups -OCH3 is 2. The number of nitrogens with two attached hydrogens (primary N) is 1. The lowest BCUT2D eigenvalue weighted by molar-refractivity contribution is -0.185. The third-order valence-corrected chi connectivity index (χ3v) is 8.53. The Kier molecular flexibility index (Phi) is 7.77. The molecule has 1 aromatic heterocycles. The van der Waals surface area contributed by atoms with Crippen LogP contribution in [0.5, 0.6) is 5.75 Å². The summed E-state index contributed by atoms with van der Waals surface area (Å²) in [4.78, 5) is 42.4. The number of esters is 1. The smallest absolute Gasteiger partial charge is 0.354 e. The number of aromatic hydroxyl groups is 1. The molecular formula is C22H27N7O6S2. The van der Waals surface area contributed by atoms with Crippen molar-refractivity contribution < 1.29 is 29.0 Å². The van der Waals surface area contributed by atoms with Gasteiger partial charge in [-0.2, -0.15) is 4.09 Å². The quantitative estimate of drug-likeness (QED) is 0.252. The van der Waals surface area contributed by atoms with E-state index in [0.29, 0.717) is 29.3 Å². The van der Waals surface area contributed by atoms with Crippen molar-refractivity contribution in [1.82, 2.24) is 24.5 Å². The number of aromatic nitrogens is 4. The van der Waals surface area contributed by atoms with Crippen LogP contribution in [0.4, 0.5) is 5.69 Å². The number of amides is 2. The van der Waals surface area contributed by atoms with Crippen molar-refractivity contribution in [3.05, 3.63) is 40.9 Å². The van der Waals surface area contributed by atoms with Gasteiger partial charge in [0.25, 0.3) is 11.6 Å². The highest BCUT2D eigenvalue weighted by Crippen LogP contribution is 2.51. The first kappa shape index (κ1) is 26.9. The van der Waals surface area contributed by atoms with Gasteiger partial charge in [0.05, 0.1) is 19.3 Å². The molecular weight excluding hydrogens is 522 g/mol. The summed E-state index contributed by atoms with van der Waals surface area (Å²) >= 11 is 2.60. The number of thioether (sulfide) groups is 1. The van der Waals surface area contributed by atoms with Crippen LogP contribution in [0.1, 0.15) is 18.3 Å². The maximum Gasteiger partial charge on any atom is 0.354 e. The van der Waals surface area contributed by atoms with Gasteiger partial charge in [-0.3, -0.25) is 19.4 Å². The number of rotatable bonds is 9. The number of aryl methyl sites for hydroxylation is 2. The van der Waals surface area contributed by atoms with Gasteiger partial charge in [0.2, 0.25) is 5.91 Å². The Morgan fingerprint density at radius 3 is 2.70 bits per heavy atom. The number of hydrogen-bond donors (Lipinski definition) is 2. The number of phenolic OH excluding ortho intramolecular Hbond substituents is 1. The van der Waals surface area contributed by atoms with Crippen molar-refractivity contribution in [2.45, 2.75) is 31.4 Å². The molecule has 1 fully saturated rings. The average Bonchev–Trinajstić information content (AvgIpc) is 3.32. The van der Waals surface area contributed by atoms with Crippen LogP contribution in [0, 0.1) is 6.92 Å². The molecule has 13 nitrogen and oxygen atoms in total. The topological polar surface area (TPSA) is 166 Å². The lowest BCUT2D eigenvalue weighted by Gasteiger charge is -2.59. The average molecular weight is 550 g/mol. The lowest BCUT2D eigenvalue weighted by Crippen LogP contribution is -2.82. The molecule has 0 aliphatic carbocycles. The van der Waals surface area contributed by atoms with E-state index in [-0.39, 0.29) is 17.1 Å². The molecule has 37 heavy (non-hydrogen) atoms. The van der Waals surface area contributed by atoms with E-state index < -0.39 is 35.4 Å². The summed E-state index contributed by atoms with van der Waals surface area (Å²) in [6.45, 7) is 3.24. The Morgan fingerprint density at radius 2 is 2.11 bits per heavy atom. The molecule has 0 radical (unpaired) electrons. The number of benzene rings is 1. The second-order valence-corrected chi connectivity index (χ2v) is 10.2. The molecule has 3 N–H and O–H groups in total. The van der Waals surface area contributed by atoms with E-state index in [1.807, 2.05) is 6.92 Å². The van der Waals surface area contributed by atoms with Crippen LogP contribution in [-0.2, 0) is 30.3 Å². The fraction of sp³-hybridized carbons (Fsp3) is 0.455. The van der Waals surface area contributed by atoms with E-state index in [4.69, 9.17) is 15.2 Å². The summed E-state index contributed by atoms with van der Waals surface area (Å²) in [6, 6.07) is 4.66. The summed E-state index contributed by atoms with van der Waals surface area (Å²) < 4.78 is 12.3. The minimum Gasteiger partial charge on any atom is -0.508 e. The number of carbonyl (C=O) groups excluding carboxylic acids is 3. The Labute approximate surface area is 221 Å². The zero-order chi connectivity index (χ0) is 26.9. The molecule has 2 amide bonds. The number of fused-ring (bicyclic) bond motifs is 1. The summed E-state index contributed by atoms with van der Waals surface area (Å²) in [7, 11) is 2.56. The predicted molar refractivity (Wildman–Crippen MR) is 136 cm³/mol. The highest BCUT2D eigenvalue weighted by atomic mass is 32.2. The Balaban J connectivity index is 1.76. The number of tetrazole rings is 1.